The molecule has 1 aliphatic carbocycles. The molecule has 1 fully saturated rings. The van der Waals surface area contributed by atoms with E-state index >= 15 is 0 Å². The predicted molar refractivity (Wildman–Crippen MR) is 97.1 cm³/mol. The molecule has 1 aliphatic heterocycles. The predicted octanol–water partition coefficient (Wildman–Crippen LogP) is 3.59. The van der Waals surface area contributed by atoms with Crippen molar-refractivity contribution < 1.29 is 9.90 Å². The third-order valence-electron chi connectivity index (χ3n) is 5.71. The smallest absolute Gasteiger partial charge is 0.256 e. The Hall–Kier alpha value is -2.33. The van der Waals surface area contributed by atoms with Gasteiger partial charge in [-0.05, 0) is 42.5 Å². The van der Waals surface area contributed by atoms with Crippen molar-refractivity contribution in [3.63, 3.8) is 0 Å². The summed E-state index contributed by atoms with van der Waals surface area (Å²) in [7, 11) is 0. The number of phenols is 1. The van der Waals surface area contributed by atoms with Crippen LogP contribution in [0, 0.1) is 5.92 Å². The third-order valence-corrected chi connectivity index (χ3v) is 5.71. The number of hydrogen-bond donors (Lipinski definition) is 2. The molecule has 2 aromatic carbocycles. The van der Waals surface area contributed by atoms with Crippen molar-refractivity contribution in [2.24, 2.45) is 11.7 Å². The molecule has 25 heavy (non-hydrogen) atoms. The fraction of sp³-hybridized carbons (Fsp3) is 0.381. The molecule has 1 saturated carbocycles. The summed E-state index contributed by atoms with van der Waals surface area (Å²) in [6.07, 6.45) is 6.07. The molecule has 4 heteroatoms. The quantitative estimate of drug-likeness (QED) is 0.900. The van der Waals surface area contributed by atoms with Gasteiger partial charge in [-0.25, -0.2) is 0 Å². The van der Waals surface area contributed by atoms with E-state index in [0.29, 0.717) is 18.0 Å². The number of carbonyl (C=O) groups is 1. The number of hydrogen-bond acceptors (Lipinski definition) is 3. The monoisotopic (exact) mass is 336 g/mol. The van der Waals surface area contributed by atoms with Gasteiger partial charge in [0.15, 0.2) is 0 Å². The Morgan fingerprint density at radius 1 is 1.04 bits per heavy atom. The molecule has 4 rings (SSSR count). The molecule has 2 aromatic rings. The molecule has 0 radical (unpaired) electrons. The number of aromatic hydroxyl groups is 1. The second-order valence-electron chi connectivity index (χ2n) is 7.28. The van der Waals surface area contributed by atoms with E-state index < -0.39 is 5.66 Å². The van der Waals surface area contributed by atoms with Crippen LogP contribution in [0.1, 0.15) is 53.6 Å². The average molecular weight is 336 g/mol. The lowest BCUT2D eigenvalue weighted by Gasteiger charge is -2.39. The number of nitrogens with two attached hydrogens (primary N) is 1. The molecule has 0 spiro atoms. The Balaban J connectivity index is 1.78. The summed E-state index contributed by atoms with van der Waals surface area (Å²) in [5, 5.41) is 9.64. The SMILES string of the molecule is NC1(c2ccc(O)cc2)c2ccccc2C(=O)N1CC1CCCCC1. The first-order valence-corrected chi connectivity index (χ1v) is 9.10. The number of rotatable bonds is 3. The second-order valence-corrected chi connectivity index (χ2v) is 7.28. The third kappa shape index (κ3) is 2.61. The van der Waals surface area contributed by atoms with E-state index in [0.717, 1.165) is 24.0 Å². The topological polar surface area (TPSA) is 66.6 Å². The minimum Gasteiger partial charge on any atom is -0.508 e. The molecule has 4 nitrogen and oxygen atoms in total. The van der Waals surface area contributed by atoms with Crippen LogP contribution in [0.3, 0.4) is 0 Å². The highest BCUT2D eigenvalue weighted by atomic mass is 16.3. The number of nitrogens with zero attached hydrogens (tertiary/aromatic N) is 1. The molecule has 0 bridgehead atoms. The van der Waals surface area contributed by atoms with Gasteiger partial charge in [-0.15, -0.1) is 0 Å². The van der Waals surface area contributed by atoms with Gasteiger partial charge >= 0.3 is 0 Å². The minimum atomic E-state index is -0.973. The first-order valence-electron chi connectivity index (χ1n) is 9.10. The first-order chi connectivity index (χ1) is 12.1. The van der Waals surface area contributed by atoms with E-state index in [1.807, 2.05) is 41.3 Å². The molecule has 1 atom stereocenters. The van der Waals surface area contributed by atoms with E-state index in [1.165, 1.54) is 19.3 Å². The van der Waals surface area contributed by atoms with Gasteiger partial charge in [0.1, 0.15) is 11.4 Å². The van der Waals surface area contributed by atoms with E-state index in [-0.39, 0.29) is 11.7 Å². The van der Waals surface area contributed by atoms with Crippen LogP contribution in [-0.2, 0) is 5.66 Å². The molecule has 1 heterocycles. The first kappa shape index (κ1) is 16.2. The van der Waals surface area contributed by atoms with E-state index in [1.54, 1.807) is 12.1 Å². The van der Waals surface area contributed by atoms with Crippen LogP contribution >= 0.6 is 0 Å². The largest absolute Gasteiger partial charge is 0.508 e. The summed E-state index contributed by atoms with van der Waals surface area (Å²) in [5.74, 6) is 0.715. The summed E-state index contributed by atoms with van der Waals surface area (Å²) in [6, 6.07) is 14.5. The molecular formula is C21H24N2O2. The van der Waals surface area contributed by atoms with Crippen LogP contribution in [-0.4, -0.2) is 22.5 Å². The number of benzene rings is 2. The van der Waals surface area contributed by atoms with Crippen LogP contribution in [0.25, 0.3) is 0 Å². The van der Waals surface area contributed by atoms with Gasteiger partial charge < -0.3 is 15.7 Å². The Bertz CT molecular complexity index is 781. The Morgan fingerprint density at radius 3 is 2.44 bits per heavy atom. The summed E-state index contributed by atoms with van der Waals surface area (Å²) in [4.78, 5) is 15.0. The van der Waals surface area contributed by atoms with Crippen LogP contribution in [0.5, 0.6) is 5.75 Å². The summed E-state index contributed by atoms with van der Waals surface area (Å²) in [5.41, 5.74) is 8.31. The molecule has 2 aliphatic rings. The van der Waals surface area contributed by atoms with Crippen LogP contribution in [0.4, 0.5) is 0 Å². The van der Waals surface area contributed by atoms with Gasteiger partial charge in [0.2, 0.25) is 0 Å². The van der Waals surface area contributed by atoms with E-state index in [2.05, 4.69) is 0 Å². The Kier molecular flexibility index (Phi) is 4.00. The highest BCUT2D eigenvalue weighted by Gasteiger charge is 2.48. The molecule has 1 amide bonds. The maximum Gasteiger partial charge on any atom is 0.256 e. The molecular weight excluding hydrogens is 312 g/mol. The maximum absolute atomic E-state index is 13.1. The van der Waals surface area contributed by atoms with Crippen molar-refractivity contribution >= 4 is 5.91 Å². The second kappa shape index (κ2) is 6.19. The fourth-order valence-corrected chi connectivity index (χ4v) is 4.33. The zero-order valence-electron chi connectivity index (χ0n) is 14.3. The van der Waals surface area contributed by atoms with E-state index in [9.17, 15) is 9.90 Å². The standard InChI is InChI=1S/C21H24N2O2/c22-21(16-10-12-17(24)13-11-16)19-9-5-4-8-18(19)20(25)23(21)14-15-6-2-1-3-7-15/h4-5,8-13,15,24H,1-3,6-7,14,22H2. The van der Waals surface area contributed by atoms with Gasteiger partial charge in [-0.2, -0.15) is 0 Å². The Labute approximate surface area is 148 Å². The van der Waals surface area contributed by atoms with Crippen molar-refractivity contribution in [2.75, 3.05) is 6.54 Å². The van der Waals surface area contributed by atoms with E-state index in [4.69, 9.17) is 5.73 Å². The zero-order chi connectivity index (χ0) is 17.4. The summed E-state index contributed by atoms with van der Waals surface area (Å²) in [6.45, 7) is 0.685. The fourth-order valence-electron chi connectivity index (χ4n) is 4.33. The van der Waals surface area contributed by atoms with Gasteiger partial charge in [0.25, 0.3) is 5.91 Å². The minimum absolute atomic E-state index is 0.0109. The van der Waals surface area contributed by atoms with Crippen molar-refractivity contribution in [3.8, 4) is 5.75 Å². The normalized spacial score (nSPS) is 23.7. The number of amides is 1. The van der Waals surface area contributed by atoms with Gasteiger partial charge in [-0.1, -0.05) is 49.6 Å². The van der Waals surface area contributed by atoms with Gasteiger partial charge in [-0.3, -0.25) is 4.79 Å². The highest BCUT2D eigenvalue weighted by molar-refractivity contribution is 6.00. The lowest BCUT2D eigenvalue weighted by Crippen LogP contribution is -2.53. The lowest BCUT2D eigenvalue weighted by molar-refractivity contribution is 0.0562. The van der Waals surface area contributed by atoms with Crippen LogP contribution in [0.15, 0.2) is 48.5 Å². The van der Waals surface area contributed by atoms with Crippen molar-refractivity contribution in [1.82, 2.24) is 4.90 Å². The Morgan fingerprint density at radius 2 is 1.72 bits per heavy atom. The number of carbonyl (C=O) groups excluding carboxylic acids is 1. The molecule has 0 aromatic heterocycles. The van der Waals surface area contributed by atoms with Crippen molar-refractivity contribution in [3.05, 3.63) is 65.2 Å². The average Bonchev–Trinajstić information content (AvgIpc) is 2.86. The molecule has 0 saturated heterocycles. The number of fused-ring (bicyclic) bond motifs is 1. The highest BCUT2D eigenvalue weighted by Crippen LogP contribution is 2.42. The van der Waals surface area contributed by atoms with Gasteiger partial charge in [0.05, 0.1) is 0 Å². The molecule has 3 N–H and O–H groups in total. The van der Waals surface area contributed by atoms with Crippen molar-refractivity contribution in [2.45, 2.75) is 37.8 Å². The summed E-state index contributed by atoms with van der Waals surface area (Å²) < 4.78 is 0. The lowest BCUT2D eigenvalue weighted by atomic mass is 9.87. The van der Waals surface area contributed by atoms with Gasteiger partial charge in [0, 0.05) is 17.7 Å². The number of phenolic OH excluding ortho intramolecular Hbond substituents is 1. The van der Waals surface area contributed by atoms with Crippen molar-refractivity contribution in [1.29, 1.82) is 0 Å². The van der Waals surface area contributed by atoms with Crippen LogP contribution < -0.4 is 5.73 Å². The molecule has 1 unspecified atom stereocenters. The summed E-state index contributed by atoms with van der Waals surface area (Å²) >= 11 is 0. The zero-order valence-corrected chi connectivity index (χ0v) is 14.3. The maximum atomic E-state index is 13.1. The van der Waals surface area contributed by atoms with Crippen LogP contribution in [0.2, 0.25) is 0 Å². The molecule has 130 valence electrons.